The molecule has 2 fully saturated rings. The number of nitrogens with one attached hydrogen (secondary N) is 2. The summed E-state index contributed by atoms with van der Waals surface area (Å²) in [4.78, 5) is 14.9. The molecule has 3 rings (SSSR count). The SMILES string of the molecule is COc1ccc(CNC(=O)NC2CCC(N3CCC(C)CC3)CC2)cc1. The molecule has 1 aliphatic heterocycles. The van der Waals surface area contributed by atoms with Crippen LogP contribution in [0, 0.1) is 5.92 Å². The van der Waals surface area contributed by atoms with Crippen molar-refractivity contribution in [2.45, 2.75) is 64.1 Å². The minimum atomic E-state index is -0.0592. The predicted octanol–water partition coefficient (Wildman–Crippen LogP) is 3.54. The monoisotopic (exact) mass is 359 g/mol. The Balaban J connectivity index is 1.35. The van der Waals surface area contributed by atoms with Crippen molar-refractivity contribution in [1.82, 2.24) is 15.5 Å². The van der Waals surface area contributed by atoms with Gasteiger partial charge >= 0.3 is 6.03 Å². The van der Waals surface area contributed by atoms with Crippen molar-refractivity contribution in [3.05, 3.63) is 29.8 Å². The number of hydrogen-bond donors (Lipinski definition) is 2. The van der Waals surface area contributed by atoms with Gasteiger partial charge < -0.3 is 20.3 Å². The summed E-state index contributed by atoms with van der Waals surface area (Å²) in [5.74, 6) is 1.72. The minimum Gasteiger partial charge on any atom is -0.497 e. The highest BCUT2D eigenvalue weighted by atomic mass is 16.5. The Morgan fingerprint density at radius 3 is 2.35 bits per heavy atom. The van der Waals surface area contributed by atoms with Gasteiger partial charge in [-0.2, -0.15) is 0 Å². The van der Waals surface area contributed by atoms with E-state index >= 15 is 0 Å². The molecule has 2 aliphatic rings. The molecule has 2 amide bonds. The predicted molar refractivity (Wildman–Crippen MR) is 104 cm³/mol. The van der Waals surface area contributed by atoms with Gasteiger partial charge in [-0.05, 0) is 75.2 Å². The van der Waals surface area contributed by atoms with E-state index < -0.39 is 0 Å². The van der Waals surface area contributed by atoms with Crippen LogP contribution in [0.25, 0.3) is 0 Å². The van der Waals surface area contributed by atoms with E-state index in [9.17, 15) is 4.79 Å². The van der Waals surface area contributed by atoms with Crippen molar-refractivity contribution in [2.75, 3.05) is 20.2 Å². The standard InChI is InChI=1S/C21H33N3O2/c1-16-11-13-24(14-12-16)19-7-5-18(6-8-19)23-21(25)22-15-17-3-9-20(26-2)10-4-17/h3-4,9-10,16,18-19H,5-8,11-15H2,1-2H3,(H2,22,23,25). The quantitative estimate of drug-likeness (QED) is 0.845. The summed E-state index contributed by atoms with van der Waals surface area (Å²) in [5.41, 5.74) is 1.07. The van der Waals surface area contributed by atoms with Crippen molar-refractivity contribution in [1.29, 1.82) is 0 Å². The number of amides is 2. The van der Waals surface area contributed by atoms with Gasteiger partial charge in [0.05, 0.1) is 7.11 Å². The molecule has 0 spiro atoms. The van der Waals surface area contributed by atoms with Crippen molar-refractivity contribution in [3.63, 3.8) is 0 Å². The minimum absolute atomic E-state index is 0.0592. The van der Waals surface area contributed by atoms with Crippen LogP contribution in [0.4, 0.5) is 4.79 Å². The van der Waals surface area contributed by atoms with Gasteiger partial charge in [0.2, 0.25) is 0 Å². The van der Waals surface area contributed by atoms with E-state index in [-0.39, 0.29) is 6.03 Å². The van der Waals surface area contributed by atoms with Crippen LogP contribution in [0.3, 0.4) is 0 Å². The maximum atomic E-state index is 12.2. The van der Waals surface area contributed by atoms with Crippen molar-refractivity contribution in [3.8, 4) is 5.75 Å². The van der Waals surface area contributed by atoms with E-state index in [1.165, 1.54) is 38.8 Å². The largest absolute Gasteiger partial charge is 0.497 e. The Labute approximate surface area is 157 Å². The molecule has 0 atom stereocenters. The van der Waals surface area contributed by atoms with Gasteiger partial charge in [0.25, 0.3) is 0 Å². The number of ether oxygens (including phenoxy) is 1. The fourth-order valence-corrected chi connectivity index (χ4v) is 4.14. The van der Waals surface area contributed by atoms with E-state index in [2.05, 4.69) is 22.5 Å². The fourth-order valence-electron chi connectivity index (χ4n) is 4.14. The van der Waals surface area contributed by atoms with Crippen LogP contribution in [0.1, 0.15) is 51.0 Å². The third kappa shape index (κ3) is 5.37. The van der Waals surface area contributed by atoms with Crippen molar-refractivity contribution < 1.29 is 9.53 Å². The van der Waals surface area contributed by atoms with Crippen LogP contribution < -0.4 is 15.4 Å². The van der Waals surface area contributed by atoms with E-state index in [1.807, 2.05) is 24.3 Å². The highest BCUT2D eigenvalue weighted by Crippen LogP contribution is 2.27. The molecule has 26 heavy (non-hydrogen) atoms. The molecule has 144 valence electrons. The second-order valence-electron chi connectivity index (χ2n) is 7.90. The lowest BCUT2D eigenvalue weighted by Gasteiger charge is -2.40. The van der Waals surface area contributed by atoms with E-state index in [0.29, 0.717) is 12.6 Å². The van der Waals surface area contributed by atoms with Gasteiger partial charge in [-0.15, -0.1) is 0 Å². The third-order valence-corrected chi connectivity index (χ3v) is 5.98. The van der Waals surface area contributed by atoms with Gasteiger partial charge in [-0.25, -0.2) is 4.79 Å². The Bertz CT molecular complexity index is 559. The number of benzene rings is 1. The maximum Gasteiger partial charge on any atom is 0.315 e. The summed E-state index contributed by atoms with van der Waals surface area (Å²) in [6.45, 7) is 5.42. The van der Waals surface area contributed by atoms with Crippen LogP contribution in [0.15, 0.2) is 24.3 Å². The molecule has 1 aromatic carbocycles. The summed E-state index contributed by atoms with van der Waals surface area (Å²) in [7, 11) is 1.65. The fraction of sp³-hybridized carbons (Fsp3) is 0.667. The Morgan fingerprint density at radius 2 is 1.73 bits per heavy atom. The zero-order valence-electron chi connectivity index (χ0n) is 16.2. The lowest BCUT2D eigenvalue weighted by atomic mass is 9.88. The van der Waals surface area contributed by atoms with Crippen LogP contribution >= 0.6 is 0 Å². The molecule has 1 aliphatic carbocycles. The van der Waals surface area contributed by atoms with E-state index in [1.54, 1.807) is 7.11 Å². The van der Waals surface area contributed by atoms with Gasteiger partial charge in [0, 0.05) is 18.6 Å². The molecule has 0 unspecified atom stereocenters. The molecule has 1 aromatic rings. The van der Waals surface area contributed by atoms with Gasteiger partial charge in [-0.1, -0.05) is 19.1 Å². The van der Waals surface area contributed by atoms with Crippen LogP contribution in [0.2, 0.25) is 0 Å². The first-order valence-corrected chi connectivity index (χ1v) is 10.1. The van der Waals surface area contributed by atoms with Crippen molar-refractivity contribution in [2.24, 2.45) is 5.92 Å². The number of urea groups is 1. The van der Waals surface area contributed by atoms with Gasteiger partial charge in [0.15, 0.2) is 0 Å². The average Bonchev–Trinajstić information content (AvgIpc) is 2.68. The number of likely N-dealkylation sites (tertiary alicyclic amines) is 1. The van der Waals surface area contributed by atoms with Gasteiger partial charge in [0.1, 0.15) is 5.75 Å². The molecule has 1 saturated carbocycles. The van der Waals surface area contributed by atoms with Crippen LogP contribution in [-0.4, -0.2) is 43.2 Å². The zero-order valence-corrected chi connectivity index (χ0v) is 16.2. The van der Waals surface area contributed by atoms with Crippen molar-refractivity contribution >= 4 is 6.03 Å². The van der Waals surface area contributed by atoms with Crippen LogP contribution in [0.5, 0.6) is 5.75 Å². The zero-order chi connectivity index (χ0) is 18.4. The second-order valence-corrected chi connectivity index (χ2v) is 7.90. The molecular formula is C21H33N3O2. The first-order valence-electron chi connectivity index (χ1n) is 10.1. The summed E-state index contributed by atoms with van der Waals surface area (Å²) >= 11 is 0. The Morgan fingerprint density at radius 1 is 1.08 bits per heavy atom. The molecule has 0 aromatic heterocycles. The lowest BCUT2D eigenvalue weighted by molar-refractivity contribution is 0.104. The van der Waals surface area contributed by atoms with Crippen LogP contribution in [-0.2, 0) is 6.54 Å². The number of carbonyl (C=O) groups excluding carboxylic acids is 1. The lowest BCUT2D eigenvalue weighted by Crippen LogP contribution is -2.48. The number of methoxy groups -OCH3 is 1. The first kappa shape index (κ1) is 19.0. The summed E-state index contributed by atoms with van der Waals surface area (Å²) < 4.78 is 5.15. The van der Waals surface area contributed by atoms with E-state index in [0.717, 1.165) is 36.1 Å². The molecule has 0 bridgehead atoms. The molecular weight excluding hydrogens is 326 g/mol. The first-order chi connectivity index (χ1) is 12.6. The molecule has 1 saturated heterocycles. The number of nitrogens with zero attached hydrogens (tertiary/aromatic N) is 1. The smallest absolute Gasteiger partial charge is 0.315 e. The molecule has 0 radical (unpaired) electrons. The number of hydrogen-bond acceptors (Lipinski definition) is 3. The summed E-state index contributed by atoms with van der Waals surface area (Å²) in [6.07, 6.45) is 7.27. The average molecular weight is 360 g/mol. The topological polar surface area (TPSA) is 53.6 Å². The molecule has 5 heteroatoms. The highest BCUT2D eigenvalue weighted by molar-refractivity contribution is 5.74. The maximum absolute atomic E-state index is 12.2. The summed E-state index contributed by atoms with van der Waals surface area (Å²) in [6, 6.07) is 8.76. The molecule has 2 N–H and O–H groups in total. The highest BCUT2D eigenvalue weighted by Gasteiger charge is 2.28. The molecule has 1 heterocycles. The molecule has 5 nitrogen and oxygen atoms in total. The Hall–Kier alpha value is -1.75. The normalized spacial score (nSPS) is 24.8. The number of carbonyl (C=O) groups is 1. The Kier molecular flexibility index (Phi) is 6.78. The number of rotatable bonds is 5. The summed E-state index contributed by atoms with van der Waals surface area (Å²) in [5, 5.41) is 6.11. The number of piperidine rings is 1. The van der Waals surface area contributed by atoms with Gasteiger partial charge in [-0.3, -0.25) is 0 Å². The second kappa shape index (κ2) is 9.26. The van der Waals surface area contributed by atoms with E-state index in [4.69, 9.17) is 4.74 Å². The third-order valence-electron chi connectivity index (χ3n) is 5.98.